The summed E-state index contributed by atoms with van der Waals surface area (Å²) in [6.45, 7) is 4.45. The van der Waals surface area contributed by atoms with Crippen LogP contribution in [-0.4, -0.2) is 12.6 Å². The summed E-state index contributed by atoms with van der Waals surface area (Å²) in [5, 5.41) is 6.23. The van der Waals surface area contributed by atoms with Gasteiger partial charge in [-0.1, -0.05) is 36.2 Å². The summed E-state index contributed by atoms with van der Waals surface area (Å²) >= 11 is 12.0. The summed E-state index contributed by atoms with van der Waals surface area (Å²) in [4.78, 5) is 11.4. The molecule has 0 radical (unpaired) electrons. The number of hydrogen-bond donors (Lipinski definition) is 2. The fourth-order valence-corrected chi connectivity index (χ4v) is 1.63. The average Bonchev–Trinajstić information content (AvgIpc) is 2.27. The van der Waals surface area contributed by atoms with Crippen LogP contribution >= 0.6 is 23.2 Å². The zero-order chi connectivity index (χ0) is 12.1. The predicted octanol–water partition coefficient (Wildman–Crippen LogP) is 3.83. The number of hydrogen-bond acceptors (Lipinski definition) is 1. The molecule has 0 saturated carbocycles. The Labute approximate surface area is 105 Å². The number of urea groups is 1. The Kier molecular flexibility index (Phi) is 4.90. The van der Waals surface area contributed by atoms with Crippen LogP contribution in [0, 0.1) is 6.92 Å². The topological polar surface area (TPSA) is 41.1 Å². The van der Waals surface area contributed by atoms with Gasteiger partial charge in [0.05, 0.1) is 15.7 Å². The third kappa shape index (κ3) is 3.29. The van der Waals surface area contributed by atoms with Gasteiger partial charge in [-0.3, -0.25) is 0 Å². The molecule has 1 rings (SSSR count). The van der Waals surface area contributed by atoms with Gasteiger partial charge in [-0.25, -0.2) is 4.79 Å². The first-order valence-corrected chi connectivity index (χ1v) is 5.81. The number of amides is 2. The predicted molar refractivity (Wildman–Crippen MR) is 68.5 cm³/mol. The van der Waals surface area contributed by atoms with E-state index in [4.69, 9.17) is 23.2 Å². The van der Waals surface area contributed by atoms with Gasteiger partial charge < -0.3 is 10.6 Å². The maximum atomic E-state index is 11.4. The van der Waals surface area contributed by atoms with Crippen LogP contribution in [-0.2, 0) is 0 Å². The van der Waals surface area contributed by atoms with E-state index < -0.39 is 0 Å². The molecule has 0 aliphatic rings. The summed E-state index contributed by atoms with van der Waals surface area (Å²) < 4.78 is 0. The van der Waals surface area contributed by atoms with Crippen molar-refractivity contribution in [3.05, 3.63) is 27.7 Å². The highest BCUT2D eigenvalue weighted by molar-refractivity contribution is 6.40. The van der Waals surface area contributed by atoms with E-state index in [1.165, 1.54) is 0 Å². The van der Waals surface area contributed by atoms with Crippen molar-refractivity contribution < 1.29 is 4.79 Å². The standard InChI is InChI=1S/C11H14Cl2N2O/c1-3-6-14-11(16)15-10-8(12)5-4-7(2)9(10)13/h4-5H,3,6H2,1-2H3,(H2,14,15,16). The Bertz CT molecular complexity index is 394. The third-order valence-corrected chi connectivity index (χ3v) is 2.86. The van der Waals surface area contributed by atoms with Gasteiger partial charge in [0.25, 0.3) is 0 Å². The summed E-state index contributed by atoms with van der Waals surface area (Å²) in [5.74, 6) is 0. The van der Waals surface area contributed by atoms with Crippen molar-refractivity contribution in [3.8, 4) is 0 Å². The fraction of sp³-hybridized carbons (Fsp3) is 0.364. The molecule has 0 heterocycles. The van der Waals surface area contributed by atoms with Crippen molar-refractivity contribution in [2.75, 3.05) is 11.9 Å². The van der Waals surface area contributed by atoms with Crippen molar-refractivity contribution >= 4 is 34.9 Å². The molecular weight excluding hydrogens is 247 g/mol. The second-order valence-corrected chi connectivity index (χ2v) is 4.22. The second-order valence-electron chi connectivity index (χ2n) is 3.43. The maximum absolute atomic E-state index is 11.4. The fourth-order valence-electron chi connectivity index (χ4n) is 1.17. The quantitative estimate of drug-likeness (QED) is 0.852. The lowest BCUT2D eigenvalue weighted by Crippen LogP contribution is -2.29. The summed E-state index contributed by atoms with van der Waals surface area (Å²) in [6.07, 6.45) is 0.878. The molecule has 0 fully saturated rings. The number of carbonyl (C=O) groups excluding carboxylic acids is 1. The van der Waals surface area contributed by atoms with Crippen LogP contribution in [0.15, 0.2) is 12.1 Å². The number of rotatable bonds is 3. The van der Waals surface area contributed by atoms with Crippen LogP contribution in [0.3, 0.4) is 0 Å². The first kappa shape index (κ1) is 13.1. The minimum absolute atomic E-state index is 0.295. The van der Waals surface area contributed by atoms with Crippen LogP contribution in [0.25, 0.3) is 0 Å². The van der Waals surface area contributed by atoms with E-state index >= 15 is 0 Å². The van der Waals surface area contributed by atoms with Gasteiger partial charge in [-0.15, -0.1) is 0 Å². The van der Waals surface area contributed by atoms with E-state index in [0.29, 0.717) is 22.3 Å². The molecule has 3 nitrogen and oxygen atoms in total. The Morgan fingerprint density at radius 2 is 2.06 bits per heavy atom. The number of nitrogens with one attached hydrogen (secondary N) is 2. The molecule has 0 aliphatic heterocycles. The first-order chi connectivity index (χ1) is 7.56. The van der Waals surface area contributed by atoms with E-state index in [9.17, 15) is 4.79 Å². The number of benzene rings is 1. The maximum Gasteiger partial charge on any atom is 0.319 e. The molecule has 0 spiro atoms. The van der Waals surface area contributed by atoms with Crippen molar-refractivity contribution in [1.29, 1.82) is 0 Å². The lowest BCUT2D eigenvalue weighted by atomic mass is 10.2. The lowest BCUT2D eigenvalue weighted by Gasteiger charge is -2.11. The first-order valence-electron chi connectivity index (χ1n) is 5.05. The molecule has 0 unspecified atom stereocenters. The Hall–Kier alpha value is -0.930. The Morgan fingerprint density at radius 3 is 2.69 bits per heavy atom. The van der Waals surface area contributed by atoms with Crippen LogP contribution in [0.1, 0.15) is 18.9 Å². The molecule has 0 aliphatic carbocycles. The summed E-state index contributed by atoms with van der Waals surface area (Å²) in [5.41, 5.74) is 1.33. The van der Waals surface area contributed by atoms with E-state index in [0.717, 1.165) is 12.0 Å². The largest absolute Gasteiger partial charge is 0.338 e. The van der Waals surface area contributed by atoms with E-state index in [-0.39, 0.29) is 6.03 Å². The summed E-state index contributed by atoms with van der Waals surface area (Å²) in [7, 11) is 0. The molecule has 88 valence electrons. The highest BCUT2D eigenvalue weighted by Crippen LogP contribution is 2.32. The number of halogens is 2. The zero-order valence-corrected chi connectivity index (χ0v) is 10.7. The molecule has 0 atom stereocenters. The van der Waals surface area contributed by atoms with Crippen LogP contribution in [0.2, 0.25) is 10.0 Å². The molecule has 1 aromatic rings. The molecule has 2 amide bonds. The number of aryl methyl sites for hydroxylation is 1. The van der Waals surface area contributed by atoms with Gasteiger partial charge >= 0.3 is 6.03 Å². The zero-order valence-electron chi connectivity index (χ0n) is 9.23. The average molecular weight is 261 g/mol. The summed E-state index contributed by atoms with van der Waals surface area (Å²) in [6, 6.07) is 3.22. The van der Waals surface area contributed by atoms with Gasteiger partial charge in [-0.2, -0.15) is 0 Å². The molecule has 16 heavy (non-hydrogen) atoms. The third-order valence-electron chi connectivity index (χ3n) is 2.06. The Balaban J connectivity index is 2.80. The monoisotopic (exact) mass is 260 g/mol. The van der Waals surface area contributed by atoms with E-state index in [1.54, 1.807) is 12.1 Å². The molecule has 5 heteroatoms. The smallest absolute Gasteiger partial charge is 0.319 e. The van der Waals surface area contributed by atoms with Gasteiger partial charge in [0.15, 0.2) is 0 Å². The van der Waals surface area contributed by atoms with Crippen molar-refractivity contribution in [1.82, 2.24) is 5.32 Å². The minimum atomic E-state index is -0.295. The normalized spacial score (nSPS) is 10.0. The van der Waals surface area contributed by atoms with Crippen molar-refractivity contribution in [2.24, 2.45) is 0 Å². The second kappa shape index (κ2) is 5.97. The molecule has 0 aromatic heterocycles. The van der Waals surface area contributed by atoms with Crippen molar-refractivity contribution in [2.45, 2.75) is 20.3 Å². The van der Waals surface area contributed by atoms with Gasteiger partial charge in [0.2, 0.25) is 0 Å². The van der Waals surface area contributed by atoms with Crippen LogP contribution in [0.5, 0.6) is 0 Å². The van der Waals surface area contributed by atoms with E-state index in [1.807, 2.05) is 13.8 Å². The van der Waals surface area contributed by atoms with E-state index in [2.05, 4.69) is 10.6 Å². The van der Waals surface area contributed by atoms with Gasteiger partial charge in [0.1, 0.15) is 0 Å². The minimum Gasteiger partial charge on any atom is -0.338 e. The number of anilines is 1. The molecule has 2 N–H and O–H groups in total. The Morgan fingerprint density at radius 1 is 1.38 bits per heavy atom. The van der Waals surface area contributed by atoms with Crippen LogP contribution in [0.4, 0.5) is 10.5 Å². The van der Waals surface area contributed by atoms with Crippen LogP contribution < -0.4 is 10.6 Å². The molecular formula is C11H14Cl2N2O. The SMILES string of the molecule is CCCNC(=O)Nc1c(Cl)ccc(C)c1Cl. The van der Waals surface area contributed by atoms with Gasteiger partial charge in [0, 0.05) is 6.54 Å². The highest BCUT2D eigenvalue weighted by atomic mass is 35.5. The molecule has 0 saturated heterocycles. The highest BCUT2D eigenvalue weighted by Gasteiger charge is 2.10. The molecule has 1 aromatic carbocycles. The van der Waals surface area contributed by atoms with Crippen molar-refractivity contribution in [3.63, 3.8) is 0 Å². The molecule has 0 bridgehead atoms. The number of carbonyl (C=O) groups is 1. The van der Waals surface area contributed by atoms with Gasteiger partial charge in [-0.05, 0) is 25.0 Å². The lowest BCUT2D eigenvalue weighted by molar-refractivity contribution is 0.252.